The zero-order valence-electron chi connectivity index (χ0n) is 17.9. The summed E-state index contributed by atoms with van der Waals surface area (Å²) < 4.78 is 11.2. The molecule has 1 aliphatic heterocycles. The third-order valence-corrected chi connectivity index (χ3v) is 5.96. The van der Waals surface area contributed by atoms with Crippen molar-refractivity contribution in [3.05, 3.63) is 41.3 Å². The lowest BCUT2D eigenvalue weighted by Crippen LogP contribution is -2.41. The number of benzene rings is 1. The highest BCUT2D eigenvalue weighted by Crippen LogP contribution is 2.28. The van der Waals surface area contributed by atoms with E-state index in [1.54, 1.807) is 4.90 Å². The van der Waals surface area contributed by atoms with E-state index < -0.39 is 5.97 Å². The molecule has 162 valence electrons. The fourth-order valence-corrected chi connectivity index (χ4v) is 4.11. The first kappa shape index (κ1) is 21.9. The number of rotatable bonds is 7. The third-order valence-electron chi connectivity index (χ3n) is 5.96. The van der Waals surface area contributed by atoms with Crippen molar-refractivity contribution in [2.24, 2.45) is 11.8 Å². The van der Waals surface area contributed by atoms with Gasteiger partial charge in [0.25, 0.3) is 0 Å². The summed E-state index contributed by atoms with van der Waals surface area (Å²) in [6.07, 6.45) is 2.15. The van der Waals surface area contributed by atoms with E-state index in [-0.39, 0.29) is 24.5 Å². The molecule has 7 heteroatoms. The maximum atomic E-state index is 12.4. The van der Waals surface area contributed by atoms with E-state index in [2.05, 4.69) is 4.98 Å². The second-order valence-electron chi connectivity index (χ2n) is 7.88. The molecule has 1 saturated heterocycles. The van der Waals surface area contributed by atoms with Crippen LogP contribution in [-0.4, -0.2) is 46.7 Å². The number of carboxylic acid groups (broad SMARTS) is 1. The van der Waals surface area contributed by atoms with E-state index in [1.165, 1.54) is 0 Å². The maximum Gasteiger partial charge on any atom is 0.409 e. The fraction of sp³-hybridized carbons (Fsp3) is 0.522. The van der Waals surface area contributed by atoms with Crippen molar-refractivity contribution in [3.8, 4) is 11.5 Å². The topological polar surface area (TPSA) is 92.9 Å². The molecule has 30 heavy (non-hydrogen) atoms. The van der Waals surface area contributed by atoms with Crippen LogP contribution < -0.4 is 0 Å². The van der Waals surface area contributed by atoms with Gasteiger partial charge in [0.2, 0.25) is 5.89 Å². The number of ether oxygens (including phenoxy) is 1. The number of aliphatic carboxylic acids is 1. The molecule has 1 aromatic heterocycles. The minimum atomic E-state index is -0.744. The van der Waals surface area contributed by atoms with Crippen LogP contribution in [0.1, 0.15) is 43.2 Å². The molecule has 1 fully saturated rings. The molecule has 1 amide bonds. The summed E-state index contributed by atoms with van der Waals surface area (Å²) in [5, 5.41) is 9.32. The van der Waals surface area contributed by atoms with Crippen molar-refractivity contribution >= 4 is 12.1 Å². The molecule has 1 atom stereocenters. The van der Waals surface area contributed by atoms with E-state index in [0.29, 0.717) is 44.7 Å². The van der Waals surface area contributed by atoms with Crippen molar-refractivity contribution in [2.75, 3.05) is 19.7 Å². The zero-order valence-corrected chi connectivity index (χ0v) is 17.9. The molecular weight excluding hydrogens is 384 g/mol. The lowest BCUT2D eigenvalue weighted by Gasteiger charge is -2.33. The highest BCUT2D eigenvalue weighted by Gasteiger charge is 2.31. The predicted molar refractivity (Wildman–Crippen MR) is 112 cm³/mol. The van der Waals surface area contributed by atoms with Gasteiger partial charge in [-0.05, 0) is 50.7 Å². The first-order valence-corrected chi connectivity index (χ1v) is 10.6. The average Bonchev–Trinajstić information content (AvgIpc) is 3.09. The number of aromatic nitrogens is 1. The second kappa shape index (κ2) is 9.78. The van der Waals surface area contributed by atoms with Crippen molar-refractivity contribution in [1.29, 1.82) is 0 Å². The van der Waals surface area contributed by atoms with Gasteiger partial charge < -0.3 is 19.2 Å². The van der Waals surface area contributed by atoms with Gasteiger partial charge >= 0.3 is 12.1 Å². The van der Waals surface area contributed by atoms with Crippen LogP contribution in [0.5, 0.6) is 0 Å². The molecule has 3 rings (SSSR count). The lowest BCUT2D eigenvalue weighted by molar-refractivity contribution is -0.144. The fourth-order valence-electron chi connectivity index (χ4n) is 4.11. The van der Waals surface area contributed by atoms with Crippen LogP contribution in [0.25, 0.3) is 11.5 Å². The Bertz CT molecular complexity index is 883. The summed E-state index contributed by atoms with van der Waals surface area (Å²) in [6.45, 7) is 7.07. The summed E-state index contributed by atoms with van der Waals surface area (Å²) in [4.78, 5) is 30.0. The van der Waals surface area contributed by atoms with Gasteiger partial charge in [-0.2, -0.15) is 0 Å². The van der Waals surface area contributed by atoms with E-state index in [1.807, 2.05) is 45.0 Å². The Labute approximate surface area is 177 Å². The smallest absolute Gasteiger partial charge is 0.409 e. The largest absolute Gasteiger partial charge is 0.481 e. The number of aryl methyl sites for hydroxylation is 2. The van der Waals surface area contributed by atoms with Crippen LogP contribution in [0.3, 0.4) is 0 Å². The number of carboxylic acids is 1. The number of likely N-dealkylation sites (tertiary alicyclic amines) is 1. The number of oxazole rings is 1. The van der Waals surface area contributed by atoms with E-state index in [4.69, 9.17) is 9.15 Å². The number of amides is 1. The van der Waals surface area contributed by atoms with Gasteiger partial charge in [-0.15, -0.1) is 0 Å². The van der Waals surface area contributed by atoms with Gasteiger partial charge in [-0.3, -0.25) is 4.79 Å². The minimum Gasteiger partial charge on any atom is -0.481 e. The van der Waals surface area contributed by atoms with Crippen LogP contribution in [0.4, 0.5) is 4.79 Å². The van der Waals surface area contributed by atoms with Gasteiger partial charge in [0.05, 0.1) is 18.2 Å². The van der Waals surface area contributed by atoms with Crippen LogP contribution in [0.15, 0.2) is 28.7 Å². The Morgan fingerprint density at radius 1 is 1.27 bits per heavy atom. The third kappa shape index (κ3) is 5.01. The average molecular weight is 415 g/mol. The molecule has 2 aromatic rings. The van der Waals surface area contributed by atoms with Crippen molar-refractivity contribution in [1.82, 2.24) is 9.88 Å². The summed E-state index contributed by atoms with van der Waals surface area (Å²) in [5.74, 6) is 0.351. The van der Waals surface area contributed by atoms with Crippen LogP contribution in [-0.2, 0) is 16.0 Å². The number of hydrogen-bond acceptors (Lipinski definition) is 5. The molecule has 1 N–H and O–H groups in total. The first-order valence-electron chi connectivity index (χ1n) is 10.6. The Morgan fingerprint density at radius 2 is 1.97 bits per heavy atom. The Kier molecular flexibility index (Phi) is 7.13. The van der Waals surface area contributed by atoms with Gasteiger partial charge in [0, 0.05) is 25.1 Å². The molecule has 0 aliphatic carbocycles. The van der Waals surface area contributed by atoms with Gasteiger partial charge in [-0.25, -0.2) is 9.78 Å². The Balaban J connectivity index is 1.49. The quantitative estimate of drug-likeness (QED) is 0.719. The van der Waals surface area contributed by atoms with Crippen molar-refractivity contribution < 1.29 is 23.8 Å². The van der Waals surface area contributed by atoms with E-state index in [9.17, 15) is 14.7 Å². The zero-order chi connectivity index (χ0) is 21.7. The number of nitrogens with zero attached hydrogens (tertiary/aromatic N) is 2. The molecule has 7 nitrogen and oxygen atoms in total. The first-order chi connectivity index (χ1) is 14.4. The summed E-state index contributed by atoms with van der Waals surface area (Å²) in [5.41, 5.74) is 2.83. The highest BCUT2D eigenvalue weighted by atomic mass is 16.6. The molecule has 0 saturated carbocycles. The van der Waals surface area contributed by atoms with Crippen molar-refractivity contribution in [2.45, 2.75) is 46.5 Å². The predicted octanol–water partition coefficient (Wildman–Crippen LogP) is 4.46. The number of carbonyl (C=O) groups excluding carboxylic acids is 1. The molecule has 2 heterocycles. The van der Waals surface area contributed by atoms with Gasteiger partial charge in [-0.1, -0.05) is 25.1 Å². The molecule has 0 radical (unpaired) electrons. The normalized spacial score (nSPS) is 15.8. The number of piperidine rings is 1. The van der Waals surface area contributed by atoms with Crippen LogP contribution >= 0.6 is 0 Å². The summed E-state index contributed by atoms with van der Waals surface area (Å²) in [7, 11) is 0. The summed E-state index contributed by atoms with van der Waals surface area (Å²) in [6, 6.07) is 7.91. The molecule has 0 spiro atoms. The molecular formula is C23H30N2O5. The minimum absolute atomic E-state index is 0.120. The van der Waals surface area contributed by atoms with Gasteiger partial charge in [0.15, 0.2) is 0 Å². The van der Waals surface area contributed by atoms with Crippen molar-refractivity contribution in [3.63, 3.8) is 0 Å². The molecule has 1 aromatic carbocycles. The molecule has 1 aliphatic rings. The summed E-state index contributed by atoms with van der Waals surface area (Å²) >= 11 is 0. The second-order valence-corrected chi connectivity index (χ2v) is 7.88. The Morgan fingerprint density at radius 3 is 2.60 bits per heavy atom. The SMILES string of the molecule is CCC(C(=O)O)C1CCN(C(=O)OCCc2nc(-c3ccccc3C)oc2C)CC1. The molecule has 1 unspecified atom stereocenters. The lowest BCUT2D eigenvalue weighted by atomic mass is 9.83. The highest BCUT2D eigenvalue weighted by molar-refractivity contribution is 5.70. The number of carbonyl (C=O) groups is 2. The van der Waals surface area contributed by atoms with E-state index >= 15 is 0 Å². The van der Waals surface area contributed by atoms with Crippen LogP contribution in [0.2, 0.25) is 0 Å². The maximum absolute atomic E-state index is 12.4. The number of hydrogen-bond donors (Lipinski definition) is 1. The standard InChI is InChI=1S/C23H30N2O5/c1-4-18(22(26)27)17-9-12-25(13-10-17)23(28)29-14-11-20-16(3)30-21(24-20)19-8-6-5-7-15(19)2/h5-8,17-18H,4,9-14H2,1-3H3,(H,26,27). The Hall–Kier alpha value is -2.83. The van der Waals surface area contributed by atoms with Gasteiger partial charge in [0.1, 0.15) is 5.76 Å². The monoisotopic (exact) mass is 414 g/mol. The molecule has 0 bridgehead atoms. The van der Waals surface area contributed by atoms with Crippen LogP contribution in [0, 0.1) is 25.7 Å². The van der Waals surface area contributed by atoms with E-state index in [0.717, 1.165) is 22.6 Å².